The normalized spacial score (nSPS) is 17.1. The van der Waals surface area contributed by atoms with E-state index in [4.69, 9.17) is 0 Å². The Balaban J connectivity index is 2.40. The topological polar surface area (TPSA) is 35.6 Å². The Morgan fingerprint density at radius 3 is 2.50 bits per heavy atom. The zero-order valence-corrected chi connectivity index (χ0v) is 12.2. The highest BCUT2D eigenvalue weighted by Gasteiger charge is 2.19. The summed E-state index contributed by atoms with van der Waals surface area (Å²) in [6, 6.07) is 0. The van der Waals surface area contributed by atoms with Gasteiger partial charge in [-0.15, -0.1) is 0 Å². The predicted octanol–water partition coefficient (Wildman–Crippen LogP) is 1.18. The minimum atomic E-state index is 0.250. The molecule has 0 aromatic carbocycles. The fourth-order valence-electron chi connectivity index (χ4n) is 2.47. The molecule has 1 amide bonds. The maximum atomic E-state index is 12.0. The minimum Gasteiger partial charge on any atom is -0.345 e. The predicted molar refractivity (Wildman–Crippen MR) is 75.6 cm³/mol. The summed E-state index contributed by atoms with van der Waals surface area (Å²) < 4.78 is 0. The van der Waals surface area contributed by atoms with Gasteiger partial charge in [0.25, 0.3) is 0 Å². The van der Waals surface area contributed by atoms with Crippen LogP contribution in [0.1, 0.15) is 33.1 Å². The first kappa shape index (κ1) is 15.4. The molecule has 1 rings (SSSR count). The van der Waals surface area contributed by atoms with E-state index in [0.29, 0.717) is 6.54 Å². The molecule has 0 unspecified atom stereocenters. The zero-order valence-electron chi connectivity index (χ0n) is 12.2. The lowest BCUT2D eigenvalue weighted by Gasteiger charge is -2.30. The molecule has 18 heavy (non-hydrogen) atoms. The summed E-state index contributed by atoms with van der Waals surface area (Å²) in [5, 5.41) is 3.39. The highest BCUT2D eigenvalue weighted by molar-refractivity contribution is 5.77. The molecule has 0 spiro atoms. The lowest BCUT2D eigenvalue weighted by atomic mass is 9.97. The first-order chi connectivity index (χ1) is 8.67. The third kappa shape index (κ3) is 5.36. The minimum absolute atomic E-state index is 0.250. The molecule has 0 saturated carbocycles. The van der Waals surface area contributed by atoms with Gasteiger partial charge < -0.3 is 10.2 Å². The molecule has 1 heterocycles. The maximum absolute atomic E-state index is 12.0. The SMILES string of the molecule is CCCN(CC(=O)N(C)CC)CC1CCNCC1. The summed E-state index contributed by atoms with van der Waals surface area (Å²) >= 11 is 0. The monoisotopic (exact) mass is 255 g/mol. The quantitative estimate of drug-likeness (QED) is 0.742. The number of carbonyl (C=O) groups excluding carboxylic acids is 1. The molecule has 1 aliphatic heterocycles. The molecule has 1 aliphatic rings. The van der Waals surface area contributed by atoms with Crippen molar-refractivity contribution in [3.05, 3.63) is 0 Å². The molecule has 4 nitrogen and oxygen atoms in total. The van der Waals surface area contributed by atoms with Gasteiger partial charge >= 0.3 is 0 Å². The summed E-state index contributed by atoms with van der Waals surface area (Å²) in [4.78, 5) is 16.1. The molecule has 0 atom stereocenters. The van der Waals surface area contributed by atoms with Gasteiger partial charge in [0.05, 0.1) is 6.54 Å². The van der Waals surface area contributed by atoms with Crippen molar-refractivity contribution < 1.29 is 4.79 Å². The molecular weight excluding hydrogens is 226 g/mol. The van der Waals surface area contributed by atoms with Crippen LogP contribution in [0.5, 0.6) is 0 Å². The van der Waals surface area contributed by atoms with Crippen LogP contribution in [0.2, 0.25) is 0 Å². The van der Waals surface area contributed by atoms with Crippen LogP contribution in [0.15, 0.2) is 0 Å². The molecule has 0 aromatic heterocycles. The Hall–Kier alpha value is -0.610. The molecular formula is C14H29N3O. The van der Waals surface area contributed by atoms with Gasteiger partial charge in [-0.25, -0.2) is 0 Å². The van der Waals surface area contributed by atoms with Crippen LogP contribution in [0.4, 0.5) is 0 Å². The second kappa shape index (κ2) is 8.48. The molecule has 1 saturated heterocycles. The lowest BCUT2D eigenvalue weighted by molar-refractivity contribution is -0.131. The number of hydrogen-bond donors (Lipinski definition) is 1. The smallest absolute Gasteiger partial charge is 0.236 e. The third-order valence-corrected chi connectivity index (χ3v) is 3.77. The van der Waals surface area contributed by atoms with Crippen LogP contribution in [0, 0.1) is 5.92 Å². The van der Waals surface area contributed by atoms with Crippen LogP contribution < -0.4 is 5.32 Å². The summed E-state index contributed by atoms with van der Waals surface area (Å²) in [6.45, 7) is 9.97. The number of hydrogen-bond acceptors (Lipinski definition) is 3. The Morgan fingerprint density at radius 1 is 1.28 bits per heavy atom. The average molecular weight is 255 g/mol. The summed E-state index contributed by atoms with van der Waals surface area (Å²) in [7, 11) is 1.89. The first-order valence-corrected chi connectivity index (χ1v) is 7.34. The number of nitrogens with one attached hydrogen (secondary N) is 1. The lowest BCUT2D eigenvalue weighted by Crippen LogP contribution is -2.42. The molecule has 0 aliphatic carbocycles. The van der Waals surface area contributed by atoms with Crippen molar-refractivity contribution in [2.75, 3.05) is 46.3 Å². The van der Waals surface area contributed by atoms with E-state index in [1.54, 1.807) is 0 Å². The summed E-state index contributed by atoms with van der Waals surface area (Å²) in [5.41, 5.74) is 0. The standard InChI is InChI=1S/C14H29N3O/c1-4-10-17(12-14(18)16(3)5-2)11-13-6-8-15-9-7-13/h13,15H,4-12H2,1-3H3. The van der Waals surface area contributed by atoms with Gasteiger partial charge in [-0.3, -0.25) is 9.69 Å². The zero-order chi connectivity index (χ0) is 13.4. The fraction of sp³-hybridized carbons (Fsp3) is 0.929. The molecule has 106 valence electrons. The van der Waals surface area contributed by atoms with Crippen molar-refractivity contribution >= 4 is 5.91 Å². The molecule has 1 N–H and O–H groups in total. The van der Waals surface area contributed by atoms with Crippen molar-refractivity contribution in [3.8, 4) is 0 Å². The number of amides is 1. The maximum Gasteiger partial charge on any atom is 0.236 e. The van der Waals surface area contributed by atoms with Gasteiger partial charge in [0.2, 0.25) is 5.91 Å². The summed E-state index contributed by atoms with van der Waals surface area (Å²) in [6.07, 6.45) is 3.62. The molecule has 1 fully saturated rings. The number of carbonyl (C=O) groups is 1. The second-order valence-electron chi connectivity index (χ2n) is 5.34. The van der Waals surface area contributed by atoms with E-state index in [9.17, 15) is 4.79 Å². The fourth-order valence-corrected chi connectivity index (χ4v) is 2.47. The Morgan fingerprint density at radius 2 is 1.94 bits per heavy atom. The first-order valence-electron chi connectivity index (χ1n) is 7.34. The number of rotatable bonds is 7. The van der Waals surface area contributed by atoms with E-state index >= 15 is 0 Å². The second-order valence-corrected chi connectivity index (χ2v) is 5.34. The Labute approximate surface area is 112 Å². The van der Waals surface area contributed by atoms with Crippen molar-refractivity contribution in [3.63, 3.8) is 0 Å². The van der Waals surface area contributed by atoms with E-state index in [2.05, 4.69) is 17.1 Å². The van der Waals surface area contributed by atoms with Crippen molar-refractivity contribution in [1.82, 2.24) is 15.1 Å². The Bertz CT molecular complexity index is 239. The van der Waals surface area contributed by atoms with Crippen molar-refractivity contribution in [1.29, 1.82) is 0 Å². The summed E-state index contributed by atoms with van der Waals surface area (Å²) in [5.74, 6) is 1.01. The van der Waals surface area contributed by atoms with Gasteiger partial charge in [0.15, 0.2) is 0 Å². The average Bonchev–Trinajstić information content (AvgIpc) is 2.39. The van der Waals surface area contributed by atoms with Crippen molar-refractivity contribution in [2.45, 2.75) is 33.1 Å². The van der Waals surface area contributed by atoms with E-state index in [1.165, 1.54) is 12.8 Å². The van der Waals surface area contributed by atoms with Crippen LogP contribution in [-0.2, 0) is 4.79 Å². The van der Waals surface area contributed by atoms with Gasteiger partial charge in [-0.05, 0) is 51.7 Å². The third-order valence-electron chi connectivity index (χ3n) is 3.77. The van der Waals surface area contributed by atoms with E-state index < -0.39 is 0 Å². The highest BCUT2D eigenvalue weighted by Crippen LogP contribution is 2.13. The molecule has 0 aromatic rings. The number of nitrogens with zero attached hydrogens (tertiary/aromatic N) is 2. The van der Waals surface area contributed by atoms with Crippen molar-refractivity contribution in [2.24, 2.45) is 5.92 Å². The number of piperidine rings is 1. The highest BCUT2D eigenvalue weighted by atomic mass is 16.2. The van der Waals surface area contributed by atoms with Crippen LogP contribution in [0.25, 0.3) is 0 Å². The van der Waals surface area contributed by atoms with E-state index in [1.807, 2.05) is 18.9 Å². The van der Waals surface area contributed by atoms with E-state index in [-0.39, 0.29) is 5.91 Å². The van der Waals surface area contributed by atoms with Gasteiger partial charge in [-0.1, -0.05) is 6.92 Å². The van der Waals surface area contributed by atoms with Crippen LogP contribution in [0.3, 0.4) is 0 Å². The van der Waals surface area contributed by atoms with Gasteiger partial charge in [0.1, 0.15) is 0 Å². The van der Waals surface area contributed by atoms with Crippen LogP contribution >= 0.6 is 0 Å². The number of likely N-dealkylation sites (N-methyl/N-ethyl adjacent to an activating group) is 1. The van der Waals surface area contributed by atoms with Crippen LogP contribution in [-0.4, -0.2) is 62.0 Å². The molecule has 0 radical (unpaired) electrons. The van der Waals surface area contributed by atoms with Gasteiger partial charge in [-0.2, -0.15) is 0 Å². The molecule has 4 heteroatoms. The largest absolute Gasteiger partial charge is 0.345 e. The van der Waals surface area contributed by atoms with E-state index in [0.717, 1.165) is 45.1 Å². The van der Waals surface area contributed by atoms with Gasteiger partial charge in [0, 0.05) is 20.1 Å². The Kier molecular flexibility index (Phi) is 7.28. The molecule has 0 bridgehead atoms.